The molecule has 1 atom stereocenters. The first-order chi connectivity index (χ1) is 10.3. The van der Waals surface area contributed by atoms with E-state index in [2.05, 4.69) is 54.3 Å². The van der Waals surface area contributed by atoms with Gasteiger partial charge in [-0.2, -0.15) is 0 Å². The van der Waals surface area contributed by atoms with E-state index >= 15 is 0 Å². The Morgan fingerprint density at radius 1 is 1.14 bits per heavy atom. The Hall–Kier alpha value is -1.38. The number of nitrogens with zero attached hydrogens (tertiary/aromatic N) is 1. The molecule has 0 aliphatic heterocycles. The van der Waals surface area contributed by atoms with Crippen molar-refractivity contribution >= 4 is 10.8 Å². The molecule has 0 radical (unpaired) electrons. The summed E-state index contributed by atoms with van der Waals surface area (Å²) in [5, 5.41) is 2.62. The number of rotatable bonds is 7. The van der Waals surface area contributed by atoms with E-state index in [-0.39, 0.29) is 0 Å². The van der Waals surface area contributed by atoms with Crippen LogP contribution in [0.1, 0.15) is 37.8 Å². The van der Waals surface area contributed by atoms with Gasteiger partial charge in [0.05, 0.1) is 0 Å². The fourth-order valence-corrected chi connectivity index (χ4v) is 3.20. The van der Waals surface area contributed by atoms with Crippen LogP contribution in [0.3, 0.4) is 0 Å². The van der Waals surface area contributed by atoms with E-state index in [9.17, 15) is 0 Å². The second kappa shape index (κ2) is 6.59. The lowest BCUT2D eigenvalue weighted by Crippen LogP contribution is -2.35. The summed E-state index contributed by atoms with van der Waals surface area (Å²) in [6.07, 6.45) is 3.99. The Morgan fingerprint density at radius 2 is 1.90 bits per heavy atom. The standard InChI is InChI=1S/C19H26N2/c1-2-11-21(14-15-7-8-15)19(13-20)18-10-9-16-5-3-4-6-17(16)12-18/h3-6,9-10,12,15,19H,2,7-8,11,13-14,20H2,1H3. The molecule has 2 aromatic carbocycles. The van der Waals surface area contributed by atoms with Gasteiger partial charge in [-0.1, -0.05) is 43.3 Å². The molecule has 0 saturated heterocycles. The minimum absolute atomic E-state index is 0.357. The van der Waals surface area contributed by atoms with Crippen molar-refractivity contribution in [2.45, 2.75) is 32.2 Å². The summed E-state index contributed by atoms with van der Waals surface area (Å²) in [6, 6.07) is 15.7. The number of fused-ring (bicyclic) bond motifs is 1. The predicted molar refractivity (Wildman–Crippen MR) is 90.3 cm³/mol. The molecule has 1 aliphatic rings. The van der Waals surface area contributed by atoms with Crippen LogP contribution in [-0.4, -0.2) is 24.5 Å². The first-order valence-electron chi connectivity index (χ1n) is 8.24. The molecule has 0 aromatic heterocycles. The summed E-state index contributed by atoms with van der Waals surface area (Å²) >= 11 is 0. The minimum atomic E-state index is 0.357. The summed E-state index contributed by atoms with van der Waals surface area (Å²) in [5.74, 6) is 0.908. The molecule has 1 saturated carbocycles. The molecule has 2 nitrogen and oxygen atoms in total. The zero-order valence-corrected chi connectivity index (χ0v) is 13.0. The maximum absolute atomic E-state index is 6.13. The fraction of sp³-hybridized carbons (Fsp3) is 0.474. The van der Waals surface area contributed by atoms with Gasteiger partial charge < -0.3 is 5.73 Å². The van der Waals surface area contributed by atoms with Crippen LogP contribution in [-0.2, 0) is 0 Å². The van der Waals surface area contributed by atoms with E-state index in [1.807, 2.05) is 0 Å². The van der Waals surface area contributed by atoms with Crippen molar-refractivity contribution in [2.24, 2.45) is 11.7 Å². The van der Waals surface area contributed by atoms with E-state index in [0.717, 1.165) is 12.5 Å². The highest BCUT2D eigenvalue weighted by Gasteiger charge is 2.27. The van der Waals surface area contributed by atoms with Crippen molar-refractivity contribution in [1.29, 1.82) is 0 Å². The van der Waals surface area contributed by atoms with Gasteiger partial charge in [-0.25, -0.2) is 0 Å². The summed E-state index contributed by atoms with van der Waals surface area (Å²) < 4.78 is 0. The van der Waals surface area contributed by atoms with Gasteiger partial charge >= 0.3 is 0 Å². The molecular weight excluding hydrogens is 256 g/mol. The van der Waals surface area contributed by atoms with E-state index in [0.29, 0.717) is 12.6 Å². The Labute approximate surface area is 127 Å². The van der Waals surface area contributed by atoms with Crippen LogP contribution < -0.4 is 5.73 Å². The summed E-state index contributed by atoms with van der Waals surface area (Å²) in [7, 11) is 0. The molecule has 0 bridgehead atoms. The van der Waals surface area contributed by atoms with E-state index in [1.54, 1.807) is 0 Å². The monoisotopic (exact) mass is 282 g/mol. The lowest BCUT2D eigenvalue weighted by molar-refractivity contribution is 0.193. The van der Waals surface area contributed by atoms with Crippen molar-refractivity contribution < 1.29 is 0 Å². The first-order valence-corrected chi connectivity index (χ1v) is 8.24. The zero-order valence-electron chi connectivity index (χ0n) is 13.0. The van der Waals surface area contributed by atoms with Gasteiger partial charge in [0.2, 0.25) is 0 Å². The number of benzene rings is 2. The largest absolute Gasteiger partial charge is 0.329 e. The Balaban J connectivity index is 1.87. The number of hydrogen-bond donors (Lipinski definition) is 1. The highest BCUT2D eigenvalue weighted by Crippen LogP contribution is 2.33. The van der Waals surface area contributed by atoms with Gasteiger partial charge in [0.25, 0.3) is 0 Å². The molecule has 21 heavy (non-hydrogen) atoms. The Morgan fingerprint density at radius 3 is 2.57 bits per heavy atom. The topological polar surface area (TPSA) is 29.3 Å². The van der Waals surface area contributed by atoms with Crippen LogP contribution in [0.2, 0.25) is 0 Å². The third-order valence-electron chi connectivity index (χ3n) is 4.52. The molecule has 112 valence electrons. The SMILES string of the molecule is CCCN(CC1CC1)C(CN)c1ccc2ccccc2c1. The van der Waals surface area contributed by atoms with Crippen molar-refractivity contribution in [2.75, 3.05) is 19.6 Å². The average Bonchev–Trinajstić information content (AvgIpc) is 3.32. The minimum Gasteiger partial charge on any atom is -0.329 e. The predicted octanol–water partition coefficient (Wildman–Crippen LogP) is 3.96. The van der Waals surface area contributed by atoms with E-state index in [1.165, 1.54) is 42.1 Å². The molecule has 0 heterocycles. The van der Waals surface area contributed by atoms with Crippen LogP contribution in [0.25, 0.3) is 10.8 Å². The quantitative estimate of drug-likeness (QED) is 0.833. The second-order valence-electron chi connectivity index (χ2n) is 6.30. The van der Waals surface area contributed by atoms with Crippen molar-refractivity contribution in [3.05, 3.63) is 48.0 Å². The molecule has 0 spiro atoms. The Kier molecular flexibility index (Phi) is 4.57. The maximum atomic E-state index is 6.13. The van der Waals surface area contributed by atoms with Crippen molar-refractivity contribution in [3.8, 4) is 0 Å². The first kappa shape index (κ1) is 14.6. The molecule has 1 unspecified atom stereocenters. The lowest BCUT2D eigenvalue weighted by Gasteiger charge is -2.31. The van der Waals surface area contributed by atoms with E-state index in [4.69, 9.17) is 5.73 Å². The molecule has 2 N–H and O–H groups in total. The average molecular weight is 282 g/mol. The van der Waals surface area contributed by atoms with Gasteiger partial charge in [0.15, 0.2) is 0 Å². The van der Waals surface area contributed by atoms with Crippen LogP contribution in [0.4, 0.5) is 0 Å². The third kappa shape index (κ3) is 3.45. The van der Waals surface area contributed by atoms with Crippen LogP contribution >= 0.6 is 0 Å². The van der Waals surface area contributed by atoms with Crippen LogP contribution in [0, 0.1) is 5.92 Å². The molecular formula is C19H26N2. The highest BCUT2D eigenvalue weighted by molar-refractivity contribution is 5.83. The number of hydrogen-bond acceptors (Lipinski definition) is 2. The van der Waals surface area contributed by atoms with Gasteiger partial charge in [0, 0.05) is 19.1 Å². The third-order valence-corrected chi connectivity index (χ3v) is 4.52. The fourth-order valence-electron chi connectivity index (χ4n) is 3.20. The zero-order chi connectivity index (χ0) is 14.7. The van der Waals surface area contributed by atoms with Crippen molar-refractivity contribution in [3.63, 3.8) is 0 Å². The molecule has 3 rings (SSSR count). The van der Waals surface area contributed by atoms with Crippen LogP contribution in [0.5, 0.6) is 0 Å². The van der Waals surface area contributed by atoms with Crippen LogP contribution in [0.15, 0.2) is 42.5 Å². The summed E-state index contributed by atoms with van der Waals surface area (Å²) in [4.78, 5) is 2.60. The molecule has 2 aromatic rings. The smallest absolute Gasteiger partial charge is 0.0470 e. The van der Waals surface area contributed by atoms with Gasteiger partial charge in [-0.15, -0.1) is 0 Å². The molecule has 1 fully saturated rings. The normalized spacial score (nSPS) is 16.5. The van der Waals surface area contributed by atoms with Gasteiger partial charge in [0.1, 0.15) is 0 Å². The summed E-state index contributed by atoms with van der Waals surface area (Å²) in [5.41, 5.74) is 7.50. The van der Waals surface area contributed by atoms with Gasteiger partial charge in [-0.05, 0) is 54.1 Å². The second-order valence-corrected chi connectivity index (χ2v) is 6.30. The molecule has 1 aliphatic carbocycles. The maximum Gasteiger partial charge on any atom is 0.0470 e. The summed E-state index contributed by atoms with van der Waals surface area (Å²) in [6.45, 7) is 5.31. The van der Waals surface area contributed by atoms with Gasteiger partial charge in [-0.3, -0.25) is 4.90 Å². The molecule has 2 heteroatoms. The highest BCUT2D eigenvalue weighted by atomic mass is 15.2. The lowest BCUT2D eigenvalue weighted by atomic mass is 10.00. The Bertz CT molecular complexity index is 589. The van der Waals surface area contributed by atoms with Crippen molar-refractivity contribution in [1.82, 2.24) is 4.90 Å². The number of nitrogens with two attached hydrogens (primary N) is 1. The van der Waals surface area contributed by atoms with E-state index < -0.39 is 0 Å². The molecule has 0 amide bonds.